The van der Waals surface area contributed by atoms with Gasteiger partial charge < -0.3 is 14.9 Å². The number of likely N-dealkylation sites (N-methyl/N-ethyl adjacent to an activating group) is 1. The first kappa shape index (κ1) is 12.6. The molecule has 0 aliphatic carbocycles. The molecule has 1 heterocycles. The highest BCUT2D eigenvalue weighted by molar-refractivity contribution is 5.92. The van der Waals surface area contributed by atoms with Crippen LogP contribution in [-0.4, -0.2) is 53.4 Å². The number of aliphatic hydroxyl groups excluding tert-OH is 1. The lowest BCUT2D eigenvalue weighted by atomic mass is 10.1. The lowest BCUT2D eigenvalue weighted by molar-refractivity contribution is -0.150. The molecule has 96 valence electrons. The topological polar surface area (TPSA) is 60.9 Å². The predicted molar refractivity (Wildman–Crippen MR) is 65.6 cm³/mol. The van der Waals surface area contributed by atoms with Crippen LogP contribution in [0.15, 0.2) is 30.3 Å². The van der Waals surface area contributed by atoms with Crippen LogP contribution in [0.1, 0.15) is 11.7 Å². The molecule has 5 nitrogen and oxygen atoms in total. The van der Waals surface area contributed by atoms with Crippen LogP contribution in [0.3, 0.4) is 0 Å². The molecule has 1 aliphatic rings. The van der Waals surface area contributed by atoms with Gasteiger partial charge in [0.2, 0.25) is 11.8 Å². The van der Waals surface area contributed by atoms with Crippen LogP contribution in [0.25, 0.3) is 0 Å². The number of aliphatic hydroxyl groups is 1. The molecule has 1 unspecified atom stereocenters. The second-order valence-corrected chi connectivity index (χ2v) is 4.45. The Hall–Kier alpha value is -1.88. The SMILES string of the molecule is CN1CC(=O)N(CC(O)c2ccccc2)CC1=O. The monoisotopic (exact) mass is 248 g/mol. The molecule has 5 heteroatoms. The van der Waals surface area contributed by atoms with Gasteiger partial charge in [0, 0.05) is 7.05 Å². The molecule has 1 saturated heterocycles. The van der Waals surface area contributed by atoms with Crippen LogP contribution in [0, 0.1) is 0 Å². The number of hydrogen-bond donors (Lipinski definition) is 1. The first-order valence-electron chi connectivity index (χ1n) is 5.82. The molecule has 0 spiro atoms. The molecule has 2 amide bonds. The molecule has 0 bridgehead atoms. The van der Waals surface area contributed by atoms with Crippen LogP contribution in [0.4, 0.5) is 0 Å². The molecular weight excluding hydrogens is 232 g/mol. The Kier molecular flexibility index (Phi) is 3.62. The van der Waals surface area contributed by atoms with E-state index in [2.05, 4.69) is 0 Å². The summed E-state index contributed by atoms with van der Waals surface area (Å²) in [5.41, 5.74) is 0.747. The summed E-state index contributed by atoms with van der Waals surface area (Å²) in [7, 11) is 1.60. The van der Waals surface area contributed by atoms with Crippen LogP contribution in [0.2, 0.25) is 0 Å². The number of rotatable bonds is 3. The standard InChI is InChI=1S/C13H16N2O3/c1-14-8-13(18)15(9-12(14)17)7-11(16)10-5-3-2-4-6-10/h2-6,11,16H,7-9H2,1H3. The maximum atomic E-state index is 11.7. The second-order valence-electron chi connectivity index (χ2n) is 4.45. The lowest BCUT2D eigenvalue weighted by Crippen LogP contribution is -2.53. The largest absolute Gasteiger partial charge is 0.387 e. The summed E-state index contributed by atoms with van der Waals surface area (Å²) in [6, 6.07) is 9.12. The van der Waals surface area contributed by atoms with Crippen LogP contribution in [0.5, 0.6) is 0 Å². The highest BCUT2D eigenvalue weighted by atomic mass is 16.3. The average molecular weight is 248 g/mol. The summed E-state index contributed by atoms with van der Waals surface area (Å²) in [5, 5.41) is 10.0. The first-order chi connectivity index (χ1) is 8.58. The van der Waals surface area contributed by atoms with Crippen molar-refractivity contribution >= 4 is 11.8 Å². The van der Waals surface area contributed by atoms with E-state index >= 15 is 0 Å². The zero-order valence-electron chi connectivity index (χ0n) is 10.2. The zero-order valence-corrected chi connectivity index (χ0v) is 10.2. The van der Waals surface area contributed by atoms with E-state index < -0.39 is 6.10 Å². The van der Waals surface area contributed by atoms with E-state index in [1.807, 2.05) is 18.2 Å². The molecule has 18 heavy (non-hydrogen) atoms. The molecule has 0 saturated carbocycles. The summed E-state index contributed by atoms with van der Waals surface area (Å²) in [6.45, 7) is 0.280. The van der Waals surface area contributed by atoms with Crippen molar-refractivity contribution in [3.8, 4) is 0 Å². The van der Waals surface area contributed by atoms with Crippen molar-refractivity contribution in [1.29, 1.82) is 0 Å². The Morgan fingerprint density at radius 3 is 2.50 bits per heavy atom. The van der Waals surface area contributed by atoms with Crippen molar-refractivity contribution in [3.63, 3.8) is 0 Å². The van der Waals surface area contributed by atoms with E-state index in [4.69, 9.17) is 0 Å². The minimum atomic E-state index is -0.758. The number of carbonyl (C=O) groups excluding carboxylic acids is 2. The normalized spacial score (nSPS) is 18.1. The maximum absolute atomic E-state index is 11.7. The summed E-state index contributed by atoms with van der Waals surface area (Å²) in [4.78, 5) is 26.1. The Bertz CT molecular complexity index is 447. The number of benzene rings is 1. The third-order valence-corrected chi connectivity index (χ3v) is 3.05. The fourth-order valence-corrected chi connectivity index (χ4v) is 1.92. The van der Waals surface area contributed by atoms with Crippen molar-refractivity contribution in [2.75, 3.05) is 26.7 Å². The summed E-state index contributed by atoms with van der Waals surface area (Å²) >= 11 is 0. The van der Waals surface area contributed by atoms with E-state index in [0.29, 0.717) is 0 Å². The van der Waals surface area contributed by atoms with Crippen molar-refractivity contribution in [2.45, 2.75) is 6.10 Å². The van der Waals surface area contributed by atoms with Gasteiger partial charge in [0.15, 0.2) is 0 Å². The molecule has 1 aliphatic heterocycles. The highest BCUT2D eigenvalue weighted by Gasteiger charge is 2.28. The summed E-state index contributed by atoms with van der Waals surface area (Å²) in [5.74, 6) is -0.234. The van der Waals surface area contributed by atoms with Gasteiger partial charge in [-0.3, -0.25) is 9.59 Å². The molecule has 1 aromatic rings. The molecule has 1 N–H and O–H groups in total. The second kappa shape index (κ2) is 5.18. The Morgan fingerprint density at radius 2 is 1.83 bits per heavy atom. The summed E-state index contributed by atoms with van der Waals surface area (Å²) in [6.07, 6.45) is -0.758. The fraction of sp³-hybridized carbons (Fsp3) is 0.385. The van der Waals surface area contributed by atoms with Crippen molar-refractivity contribution in [1.82, 2.24) is 9.80 Å². The average Bonchev–Trinajstić information content (AvgIpc) is 2.37. The number of piperazine rings is 1. The van der Waals surface area contributed by atoms with Crippen molar-refractivity contribution in [2.24, 2.45) is 0 Å². The molecule has 2 rings (SSSR count). The van der Waals surface area contributed by atoms with E-state index in [1.165, 1.54) is 9.80 Å². The van der Waals surface area contributed by atoms with Gasteiger partial charge in [0.05, 0.1) is 25.7 Å². The van der Waals surface area contributed by atoms with Gasteiger partial charge in [-0.25, -0.2) is 0 Å². The molecule has 0 radical (unpaired) electrons. The minimum absolute atomic E-state index is 0.0409. The molecular formula is C13H16N2O3. The van der Waals surface area contributed by atoms with E-state index in [1.54, 1.807) is 19.2 Å². The number of β-amino-alcohol motifs (C(OH)–C–C–N with tert-alkyl or cyclic N) is 1. The van der Waals surface area contributed by atoms with Crippen LogP contribution >= 0.6 is 0 Å². The van der Waals surface area contributed by atoms with E-state index in [9.17, 15) is 14.7 Å². The van der Waals surface area contributed by atoms with Gasteiger partial charge in [-0.2, -0.15) is 0 Å². The number of amides is 2. The highest BCUT2D eigenvalue weighted by Crippen LogP contribution is 2.15. The van der Waals surface area contributed by atoms with Gasteiger partial charge in [0.25, 0.3) is 0 Å². The Balaban J connectivity index is 2.01. The zero-order chi connectivity index (χ0) is 13.1. The van der Waals surface area contributed by atoms with E-state index in [0.717, 1.165) is 5.56 Å². The molecule has 1 fully saturated rings. The molecule has 0 aromatic heterocycles. The predicted octanol–water partition coefficient (Wildman–Crippen LogP) is 0.0206. The quantitative estimate of drug-likeness (QED) is 0.820. The number of nitrogens with zero attached hydrogens (tertiary/aromatic N) is 2. The fourth-order valence-electron chi connectivity index (χ4n) is 1.92. The summed E-state index contributed by atoms with van der Waals surface area (Å²) < 4.78 is 0. The number of hydrogen-bond acceptors (Lipinski definition) is 3. The van der Waals surface area contributed by atoms with Gasteiger partial charge in [-0.1, -0.05) is 30.3 Å². The van der Waals surface area contributed by atoms with Crippen molar-refractivity contribution in [3.05, 3.63) is 35.9 Å². The maximum Gasteiger partial charge on any atom is 0.242 e. The van der Waals surface area contributed by atoms with Crippen LogP contribution in [-0.2, 0) is 9.59 Å². The Morgan fingerprint density at radius 1 is 1.17 bits per heavy atom. The number of carbonyl (C=O) groups is 2. The third-order valence-electron chi connectivity index (χ3n) is 3.05. The van der Waals surface area contributed by atoms with Gasteiger partial charge in [-0.05, 0) is 5.56 Å². The smallest absolute Gasteiger partial charge is 0.242 e. The Labute approximate surface area is 106 Å². The van der Waals surface area contributed by atoms with Crippen LogP contribution < -0.4 is 0 Å². The van der Waals surface area contributed by atoms with E-state index in [-0.39, 0.29) is 31.4 Å². The minimum Gasteiger partial charge on any atom is -0.387 e. The molecule has 1 atom stereocenters. The lowest BCUT2D eigenvalue weighted by Gasteiger charge is -2.32. The molecule has 1 aromatic carbocycles. The van der Waals surface area contributed by atoms with Gasteiger partial charge in [0.1, 0.15) is 0 Å². The third kappa shape index (κ3) is 2.68. The van der Waals surface area contributed by atoms with Gasteiger partial charge in [-0.15, -0.1) is 0 Å². The first-order valence-corrected chi connectivity index (χ1v) is 5.82. The van der Waals surface area contributed by atoms with Gasteiger partial charge >= 0.3 is 0 Å². The van der Waals surface area contributed by atoms with Crippen molar-refractivity contribution < 1.29 is 14.7 Å².